The third-order valence-electron chi connectivity index (χ3n) is 3.64. The smallest absolute Gasteiger partial charge is 0.0123 e. The molecule has 0 N–H and O–H groups in total. The van der Waals surface area contributed by atoms with Crippen molar-refractivity contribution < 1.29 is 0 Å². The van der Waals surface area contributed by atoms with Gasteiger partial charge in [0.1, 0.15) is 0 Å². The third kappa shape index (κ3) is 1.00. The molecule has 3 rings (SSSR count). The van der Waals surface area contributed by atoms with Crippen molar-refractivity contribution in [1.82, 2.24) is 0 Å². The Labute approximate surface area is 88.1 Å². The van der Waals surface area contributed by atoms with Crippen LogP contribution in [-0.4, -0.2) is 0 Å². The van der Waals surface area contributed by atoms with Crippen LogP contribution in [0.1, 0.15) is 48.0 Å². The molecular weight excluding hydrogens is 168 g/mol. The van der Waals surface area contributed by atoms with Crippen LogP contribution in [-0.2, 0) is 0 Å². The van der Waals surface area contributed by atoms with Crippen molar-refractivity contribution in [2.45, 2.75) is 48.0 Å². The minimum atomic E-state index is 0.317. The van der Waals surface area contributed by atoms with Crippen LogP contribution in [0.2, 0.25) is 0 Å². The first-order valence-corrected chi connectivity index (χ1v) is 5.69. The molecule has 1 radical (unpaired) electrons. The van der Waals surface area contributed by atoms with Gasteiger partial charge in [-0.05, 0) is 34.6 Å². The molecule has 0 saturated heterocycles. The minimum Gasteiger partial charge on any atom is -0.0645 e. The van der Waals surface area contributed by atoms with Crippen LogP contribution in [0.25, 0.3) is 0 Å². The summed E-state index contributed by atoms with van der Waals surface area (Å²) in [5.74, 6) is 0.620. The first-order valence-electron chi connectivity index (χ1n) is 5.69. The molecule has 2 bridgehead atoms. The van der Waals surface area contributed by atoms with Gasteiger partial charge in [-0.2, -0.15) is 0 Å². The van der Waals surface area contributed by atoms with Crippen molar-refractivity contribution >= 4 is 0 Å². The molecule has 0 heterocycles. The molecule has 0 aromatic rings. The van der Waals surface area contributed by atoms with Gasteiger partial charge in [-0.3, -0.25) is 0 Å². The maximum Gasteiger partial charge on any atom is 0.0123 e. The lowest BCUT2D eigenvalue weighted by molar-refractivity contribution is 0.388. The fourth-order valence-electron chi connectivity index (χ4n) is 3.03. The quantitative estimate of drug-likeness (QED) is 0.581. The molecule has 3 aliphatic rings. The molecule has 14 heavy (non-hydrogen) atoms. The molecule has 3 aliphatic carbocycles. The lowest BCUT2D eigenvalue weighted by atomic mass is 9.58. The number of allylic oxidation sites excluding steroid dienone is 4. The standard InChI is InChI=1S/C14H21/c1-7-9-8-10-12(13(2,3)4)11(9)14(10,5)6/h9H,7H2,1-6H3. The molecule has 0 amide bonds. The topological polar surface area (TPSA) is 0 Å². The summed E-state index contributed by atoms with van der Waals surface area (Å²) in [6, 6.07) is 0. The largest absolute Gasteiger partial charge is 0.0645 e. The Balaban J connectivity index is 2.48. The van der Waals surface area contributed by atoms with Crippen LogP contribution in [0.3, 0.4) is 0 Å². The highest BCUT2D eigenvalue weighted by Gasteiger charge is 2.52. The highest BCUT2D eigenvalue weighted by atomic mass is 14.6. The van der Waals surface area contributed by atoms with Crippen molar-refractivity contribution in [1.29, 1.82) is 0 Å². The summed E-state index contributed by atoms with van der Waals surface area (Å²) in [5, 5.41) is 0. The molecule has 0 fully saturated rings. The van der Waals surface area contributed by atoms with Gasteiger partial charge in [0.15, 0.2) is 0 Å². The maximum atomic E-state index is 3.67. The molecular formula is C14H21. The van der Waals surface area contributed by atoms with Gasteiger partial charge < -0.3 is 0 Å². The molecule has 0 aliphatic heterocycles. The van der Waals surface area contributed by atoms with Crippen LogP contribution in [0.4, 0.5) is 0 Å². The van der Waals surface area contributed by atoms with Gasteiger partial charge in [-0.1, -0.05) is 41.5 Å². The predicted octanol–water partition coefficient (Wildman–Crippen LogP) is 4.14. The zero-order chi connectivity index (χ0) is 10.7. The first-order chi connectivity index (χ1) is 6.30. The van der Waals surface area contributed by atoms with E-state index in [-0.39, 0.29) is 0 Å². The molecule has 1 atom stereocenters. The highest BCUT2D eigenvalue weighted by molar-refractivity contribution is 5.63. The Morgan fingerprint density at radius 3 is 2.14 bits per heavy atom. The Kier molecular flexibility index (Phi) is 1.81. The number of hydrogen-bond donors (Lipinski definition) is 0. The van der Waals surface area contributed by atoms with E-state index in [1.54, 1.807) is 11.1 Å². The van der Waals surface area contributed by atoms with Crippen molar-refractivity contribution in [2.75, 3.05) is 0 Å². The first kappa shape index (κ1) is 10.0. The minimum absolute atomic E-state index is 0.317. The van der Waals surface area contributed by atoms with Crippen molar-refractivity contribution in [2.24, 2.45) is 16.7 Å². The lowest BCUT2D eigenvalue weighted by Gasteiger charge is -2.45. The Morgan fingerprint density at radius 1 is 1.29 bits per heavy atom. The normalized spacial score (nSPS) is 29.0. The van der Waals surface area contributed by atoms with Gasteiger partial charge in [0, 0.05) is 11.3 Å². The van der Waals surface area contributed by atoms with Crippen molar-refractivity contribution in [3.63, 3.8) is 0 Å². The van der Waals surface area contributed by atoms with Crippen LogP contribution >= 0.6 is 0 Å². The third-order valence-corrected chi connectivity index (χ3v) is 3.64. The fraction of sp³-hybridized carbons (Fsp3) is 0.714. The van der Waals surface area contributed by atoms with E-state index in [0.717, 1.165) is 0 Å². The molecule has 1 unspecified atom stereocenters. The van der Waals surface area contributed by atoms with Crippen LogP contribution in [0.5, 0.6) is 0 Å². The van der Waals surface area contributed by atoms with Gasteiger partial charge in [0.05, 0.1) is 0 Å². The second-order valence-electron chi connectivity index (χ2n) is 6.14. The predicted molar refractivity (Wildman–Crippen MR) is 60.8 cm³/mol. The average Bonchev–Trinajstić information content (AvgIpc) is 2.53. The zero-order valence-electron chi connectivity index (χ0n) is 10.3. The van der Waals surface area contributed by atoms with E-state index >= 15 is 0 Å². The van der Waals surface area contributed by atoms with Gasteiger partial charge >= 0.3 is 0 Å². The van der Waals surface area contributed by atoms with E-state index in [9.17, 15) is 0 Å². The SMILES string of the molecule is CCC1[C]=C2C(C(C)(C)C)=C1C2(C)C. The monoisotopic (exact) mass is 189 g/mol. The molecule has 0 heteroatoms. The summed E-state index contributed by atoms with van der Waals surface area (Å²) in [6.07, 6.45) is 4.88. The Morgan fingerprint density at radius 2 is 1.86 bits per heavy atom. The molecule has 0 saturated carbocycles. The number of rotatable bonds is 1. The van der Waals surface area contributed by atoms with E-state index in [0.29, 0.717) is 16.7 Å². The van der Waals surface area contributed by atoms with E-state index < -0.39 is 0 Å². The van der Waals surface area contributed by atoms with Crippen LogP contribution in [0, 0.1) is 22.8 Å². The number of fused-ring (bicyclic) bond motifs is 1. The zero-order valence-corrected chi connectivity index (χ0v) is 10.3. The lowest BCUT2D eigenvalue weighted by Crippen LogP contribution is -2.34. The van der Waals surface area contributed by atoms with Crippen LogP contribution < -0.4 is 0 Å². The Hall–Kier alpha value is -0.520. The van der Waals surface area contributed by atoms with E-state index in [1.807, 2.05) is 0 Å². The summed E-state index contributed by atoms with van der Waals surface area (Å²) < 4.78 is 0. The van der Waals surface area contributed by atoms with Crippen LogP contribution in [0.15, 0.2) is 16.7 Å². The van der Waals surface area contributed by atoms with E-state index in [2.05, 4.69) is 47.6 Å². The number of hydrogen-bond acceptors (Lipinski definition) is 0. The van der Waals surface area contributed by atoms with E-state index in [4.69, 9.17) is 0 Å². The molecule has 0 aromatic heterocycles. The second kappa shape index (κ2) is 2.53. The summed E-state index contributed by atoms with van der Waals surface area (Å²) in [4.78, 5) is 0. The maximum absolute atomic E-state index is 3.67. The van der Waals surface area contributed by atoms with Crippen molar-refractivity contribution in [3.05, 3.63) is 22.8 Å². The summed E-state index contributed by atoms with van der Waals surface area (Å²) >= 11 is 0. The van der Waals surface area contributed by atoms with Gasteiger partial charge in [-0.15, -0.1) is 0 Å². The van der Waals surface area contributed by atoms with Gasteiger partial charge in [0.25, 0.3) is 0 Å². The summed E-state index contributed by atoms with van der Waals surface area (Å²) in [7, 11) is 0. The second-order valence-corrected chi connectivity index (χ2v) is 6.14. The molecule has 77 valence electrons. The summed E-state index contributed by atoms with van der Waals surface area (Å²) in [6.45, 7) is 13.9. The molecule has 0 nitrogen and oxygen atoms in total. The average molecular weight is 189 g/mol. The fourth-order valence-corrected chi connectivity index (χ4v) is 3.03. The van der Waals surface area contributed by atoms with Gasteiger partial charge in [-0.25, -0.2) is 0 Å². The molecule has 0 spiro atoms. The highest BCUT2D eigenvalue weighted by Crippen LogP contribution is 2.64. The van der Waals surface area contributed by atoms with Crippen molar-refractivity contribution in [3.8, 4) is 0 Å². The summed E-state index contributed by atoms with van der Waals surface area (Å²) in [5.41, 5.74) is 5.43. The molecule has 0 aromatic carbocycles. The van der Waals surface area contributed by atoms with E-state index in [1.165, 1.54) is 12.0 Å². The van der Waals surface area contributed by atoms with Gasteiger partial charge in [0.2, 0.25) is 0 Å². The Bertz CT molecular complexity index is 332.